The molecule has 29 heavy (non-hydrogen) atoms. The summed E-state index contributed by atoms with van der Waals surface area (Å²) in [5, 5.41) is 0.996. The molecule has 1 atom stereocenters. The van der Waals surface area contributed by atoms with Gasteiger partial charge in [-0.05, 0) is 49.7 Å². The zero-order valence-electron chi connectivity index (χ0n) is 16.1. The lowest BCUT2D eigenvalue weighted by molar-refractivity contribution is 0.537. The smallest absolute Gasteiger partial charge is 0.227 e. The lowest BCUT2D eigenvalue weighted by atomic mass is 10.1. The summed E-state index contributed by atoms with van der Waals surface area (Å²) in [6, 6.07) is 10.4. The maximum atomic E-state index is 13.6. The zero-order valence-corrected chi connectivity index (χ0v) is 17.6. The van der Waals surface area contributed by atoms with Crippen molar-refractivity contribution in [1.29, 1.82) is 0 Å². The molecule has 1 aromatic carbocycles. The molecule has 0 spiro atoms. The second kappa shape index (κ2) is 8.13. The molecule has 5 nitrogen and oxygen atoms in total. The number of aromatic nitrogens is 3. The molecule has 0 aliphatic carbocycles. The van der Waals surface area contributed by atoms with Crippen LogP contribution in [0.4, 0.5) is 16.2 Å². The maximum Gasteiger partial charge on any atom is 0.227 e. The molecule has 3 aromatic rings. The maximum absolute atomic E-state index is 13.6. The van der Waals surface area contributed by atoms with E-state index in [1.54, 1.807) is 31.3 Å². The van der Waals surface area contributed by atoms with Gasteiger partial charge in [-0.1, -0.05) is 23.2 Å². The molecular weight excluding hydrogens is 412 g/mol. The molecule has 8 heteroatoms. The van der Waals surface area contributed by atoms with E-state index in [2.05, 4.69) is 26.7 Å². The van der Waals surface area contributed by atoms with Gasteiger partial charge in [0.2, 0.25) is 5.95 Å². The third-order valence-electron chi connectivity index (χ3n) is 5.06. The van der Waals surface area contributed by atoms with Crippen LogP contribution < -0.4 is 9.80 Å². The SMILES string of the molecule is Cc1cc(-c2cc(Cl)nc(N3CCN(c4ncccc4Cl)C[C@@H]3C)n2)ccc1F. The van der Waals surface area contributed by atoms with Gasteiger partial charge >= 0.3 is 0 Å². The first-order valence-corrected chi connectivity index (χ1v) is 10.1. The Kier molecular flexibility index (Phi) is 5.56. The molecule has 2 aromatic heterocycles. The Morgan fingerprint density at radius 2 is 1.93 bits per heavy atom. The molecule has 1 aliphatic heterocycles. The van der Waals surface area contributed by atoms with Gasteiger partial charge in [0.05, 0.1) is 10.7 Å². The van der Waals surface area contributed by atoms with Gasteiger partial charge in [-0.3, -0.25) is 0 Å². The predicted molar refractivity (Wildman–Crippen MR) is 115 cm³/mol. The summed E-state index contributed by atoms with van der Waals surface area (Å²) in [6.07, 6.45) is 1.75. The molecule has 0 N–H and O–H groups in total. The van der Waals surface area contributed by atoms with Gasteiger partial charge in [0.1, 0.15) is 16.8 Å². The summed E-state index contributed by atoms with van der Waals surface area (Å²) in [7, 11) is 0. The van der Waals surface area contributed by atoms with Crippen molar-refractivity contribution in [2.75, 3.05) is 29.4 Å². The number of piperazine rings is 1. The summed E-state index contributed by atoms with van der Waals surface area (Å²) >= 11 is 12.6. The van der Waals surface area contributed by atoms with E-state index >= 15 is 0 Å². The van der Waals surface area contributed by atoms with E-state index in [4.69, 9.17) is 28.2 Å². The van der Waals surface area contributed by atoms with Gasteiger partial charge in [0.15, 0.2) is 0 Å². The highest BCUT2D eigenvalue weighted by atomic mass is 35.5. The van der Waals surface area contributed by atoms with E-state index < -0.39 is 0 Å². The fourth-order valence-corrected chi connectivity index (χ4v) is 3.96. The van der Waals surface area contributed by atoms with Crippen molar-refractivity contribution in [1.82, 2.24) is 15.0 Å². The Morgan fingerprint density at radius 1 is 1.10 bits per heavy atom. The highest BCUT2D eigenvalue weighted by Crippen LogP contribution is 2.29. The molecular formula is C21H20Cl2FN5. The molecule has 1 saturated heterocycles. The minimum absolute atomic E-state index is 0.128. The second-order valence-corrected chi connectivity index (χ2v) is 7.93. The Bertz CT molecular complexity index is 1050. The van der Waals surface area contributed by atoms with Gasteiger partial charge in [-0.25, -0.2) is 19.3 Å². The van der Waals surface area contributed by atoms with Crippen LogP contribution in [0.5, 0.6) is 0 Å². The van der Waals surface area contributed by atoms with Crippen LogP contribution in [0.2, 0.25) is 10.2 Å². The number of anilines is 2. The van der Waals surface area contributed by atoms with Crippen LogP contribution in [-0.4, -0.2) is 40.6 Å². The first-order valence-electron chi connectivity index (χ1n) is 9.35. The van der Waals surface area contributed by atoms with Gasteiger partial charge in [-0.15, -0.1) is 0 Å². The zero-order chi connectivity index (χ0) is 20.5. The average Bonchev–Trinajstić information content (AvgIpc) is 2.70. The number of hydrogen-bond donors (Lipinski definition) is 0. The number of aryl methyl sites for hydroxylation is 1. The van der Waals surface area contributed by atoms with Crippen LogP contribution in [0.15, 0.2) is 42.6 Å². The molecule has 150 valence electrons. The van der Waals surface area contributed by atoms with E-state index in [1.807, 2.05) is 12.1 Å². The minimum Gasteiger partial charge on any atom is -0.352 e. The third-order valence-corrected chi connectivity index (χ3v) is 5.55. The number of hydrogen-bond acceptors (Lipinski definition) is 5. The summed E-state index contributed by atoms with van der Waals surface area (Å²) in [5.74, 6) is 1.11. The monoisotopic (exact) mass is 431 g/mol. The number of rotatable bonds is 3. The first kappa shape index (κ1) is 19.9. The predicted octanol–water partition coefficient (Wildman–Crippen LogP) is 5.01. The van der Waals surface area contributed by atoms with Gasteiger partial charge in [-0.2, -0.15) is 0 Å². The quantitative estimate of drug-likeness (QED) is 0.545. The van der Waals surface area contributed by atoms with Crippen molar-refractivity contribution >= 4 is 35.0 Å². The number of nitrogens with zero attached hydrogens (tertiary/aromatic N) is 5. The molecule has 0 radical (unpaired) electrons. The van der Waals surface area contributed by atoms with E-state index in [1.165, 1.54) is 6.07 Å². The van der Waals surface area contributed by atoms with Gasteiger partial charge in [0, 0.05) is 43.5 Å². The topological polar surface area (TPSA) is 45.2 Å². The lowest BCUT2D eigenvalue weighted by Gasteiger charge is -2.40. The molecule has 1 aliphatic rings. The molecule has 0 amide bonds. The Morgan fingerprint density at radius 3 is 2.66 bits per heavy atom. The number of pyridine rings is 1. The Labute approximate surface area is 179 Å². The van der Waals surface area contributed by atoms with Crippen molar-refractivity contribution in [2.24, 2.45) is 0 Å². The van der Waals surface area contributed by atoms with Crippen molar-refractivity contribution in [3.63, 3.8) is 0 Å². The first-order chi connectivity index (χ1) is 13.9. The molecule has 0 bridgehead atoms. The Hall–Kier alpha value is -2.44. The van der Waals surface area contributed by atoms with Gasteiger partial charge in [0.25, 0.3) is 0 Å². The van der Waals surface area contributed by atoms with E-state index in [0.717, 1.165) is 24.5 Å². The third kappa shape index (κ3) is 4.14. The van der Waals surface area contributed by atoms with E-state index in [0.29, 0.717) is 33.9 Å². The normalized spacial score (nSPS) is 16.9. The number of halogens is 3. The standard InChI is InChI=1S/C21H20Cl2FN5/c1-13-10-15(5-6-17(13)24)18-11-19(23)27-21(26-18)29-9-8-28(12-14(29)2)20-16(22)4-3-7-25-20/h3-7,10-11,14H,8-9,12H2,1-2H3/t14-/m0/s1. The van der Waals surface area contributed by atoms with Crippen LogP contribution in [-0.2, 0) is 0 Å². The molecule has 0 saturated carbocycles. The highest BCUT2D eigenvalue weighted by Gasteiger charge is 2.28. The van der Waals surface area contributed by atoms with Crippen LogP contribution in [0.3, 0.4) is 0 Å². The second-order valence-electron chi connectivity index (χ2n) is 7.14. The summed E-state index contributed by atoms with van der Waals surface area (Å²) in [5.41, 5.74) is 2.04. The largest absolute Gasteiger partial charge is 0.352 e. The van der Waals surface area contributed by atoms with Crippen molar-refractivity contribution in [3.8, 4) is 11.3 Å². The van der Waals surface area contributed by atoms with Crippen LogP contribution >= 0.6 is 23.2 Å². The average molecular weight is 432 g/mol. The van der Waals surface area contributed by atoms with E-state index in [9.17, 15) is 4.39 Å². The minimum atomic E-state index is -0.243. The highest BCUT2D eigenvalue weighted by molar-refractivity contribution is 6.32. The van der Waals surface area contributed by atoms with Crippen molar-refractivity contribution in [3.05, 3.63) is 64.2 Å². The fourth-order valence-electron chi connectivity index (χ4n) is 3.54. The van der Waals surface area contributed by atoms with Crippen molar-refractivity contribution < 1.29 is 4.39 Å². The molecule has 3 heterocycles. The van der Waals surface area contributed by atoms with Crippen LogP contribution in [0, 0.1) is 12.7 Å². The lowest BCUT2D eigenvalue weighted by Crippen LogP contribution is -2.53. The molecule has 1 fully saturated rings. The van der Waals surface area contributed by atoms with Crippen molar-refractivity contribution in [2.45, 2.75) is 19.9 Å². The molecule has 0 unspecified atom stereocenters. The summed E-state index contributed by atoms with van der Waals surface area (Å²) in [6.45, 7) is 6.01. The van der Waals surface area contributed by atoms with Crippen LogP contribution in [0.1, 0.15) is 12.5 Å². The van der Waals surface area contributed by atoms with Gasteiger partial charge < -0.3 is 9.80 Å². The summed E-state index contributed by atoms with van der Waals surface area (Å²) in [4.78, 5) is 17.8. The molecule has 4 rings (SSSR count). The van der Waals surface area contributed by atoms with E-state index in [-0.39, 0.29) is 11.9 Å². The number of benzene rings is 1. The van der Waals surface area contributed by atoms with Crippen LogP contribution in [0.25, 0.3) is 11.3 Å². The Balaban J connectivity index is 1.60. The summed E-state index contributed by atoms with van der Waals surface area (Å²) < 4.78 is 13.6. The fraction of sp³-hybridized carbons (Fsp3) is 0.286.